The number of benzene rings is 1. The van der Waals surface area contributed by atoms with Crippen LogP contribution in [0.1, 0.15) is 35.8 Å². The third-order valence-corrected chi connectivity index (χ3v) is 5.36. The summed E-state index contributed by atoms with van der Waals surface area (Å²) in [5.41, 5.74) is 1.60. The maximum atomic E-state index is 12.0. The molecule has 1 aromatic heterocycles. The van der Waals surface area contributed by atoms with Crippen LogP contribution in [0.3, 0.4) is 0 Å². The van der Waals surface area contributed by atoms with Crippen LogP contribution in [0.15, 0.2) is 24.3 Å². The molecule has 3 unspecified atom stereocenters. The van der Waals surface area contributed by atoms with Gasteiger partial charge in [0, 0.05) is 29.2 Å². The van der Waals surface area contributed by atoms with Crippen molar-refractivity contribution in [2.24, 2.45) is 5.92 Å². The zero-order valence-corrected chi connectivity index (χ0v) is 13.4. The monoisotopic (exact) mass is 344 g/mol. The second kappa shape index (κ2) is 5.23. The van der Waals surface area contributed by atoms with Crippen molar-refractivity contribution < 1.29 is 24.7 Å². The molecule has 2 bridgehead atoms. The van der Waals surface area contributed by atoms with E-state index in [0.717, 1.165) is 0 Å². The molecule has 3 atom stereocenters. The number of ether oxygens (including phenoxy) is 1. The predicted molar refractivity (Wildman–Crippen MR) is 86.0 cm³/mol. The molecule has 25 heavy (non-hydrogen) atoms. The van der Waals surface area contributed by atoms with Gasteiger partial charge in [-0.05, 0) is 30.9 Å². The second-order valence-electron chi connectivity index (χ2n) is 6.49. The minimum atomic E-state index is -0.514. The molecule has 130 valence electrons. The summed E-state index contributed by atoms with van der Waals surface area (Å²) in [6.45, 7) is 0. The Morgan fingerprint density at radius 1 is 1.20 bits per heavy atom. The number of hydrogen-bond acceptors (Lipinski definition) is 6. The smallest absolute Gasteiger partial charge is 0.309 e. The van der Waals surface area contributed by atoms with E-state index in [1.165, 1.54) is 35.9 Å². The molecule has 2 aliphatic carbocycles. The highest BCUT2D eigenvalue weighted by Gasteiger charge is 2.52. The molecule has 2 N–H and O–H groups in total. The second-order valence-corrected chi connectivity index (χ2v) is 6.49. The van der Waals surface area contributed by atoms with Gasteiger partial charge in [0.05, 0.1) is 23.6 Å². The molecule has 4 rings (SSSR count). The minimum absolute atomic E-state index is 0.00528. The number of fused-ring (bicyclic) bond motifs is 5. The molecular formula is C17H16N2O6. The summed E-state index contributed by atoms with van der Waals surface area (Å²) < 4.78 is 6.12. The maximum absolute atomic E-state index is 12.0. The number of aromatic hydroxyl groups is 2. The zero-order chi connectivity index (χ0) is 17.9. The number of rotatable bonds is 3. The van der Waals surface area contributed by atoms with Crippen LogP contribution >= 0.6 is 0 Å². The van der Waals surface area contributed by atoms with Crippen molar-refractivity contribution in [3.05, 3.63) is 45.5 Å². The third kappa shape index (κ3) is 2.03. The lowest BCUT2D eigenvalue weighted by molar-refractivity contribution is -0.384. The summed E-state index contributed by atoms with van der Waals surface area (Å²) in [7, 11) is 1.34. The Morgan fingerprint density at radius 2 is 1.84 bits per heavy atom. The van der Waals surface area contributed by atoms with Gasteiger partial charge in [-0.25, -0.2) is 0 Å². The molecule has 8 heteroatoms. The van der Waals surface area contributed by atoms with E-state index >= 15 is 0 Å². The van der Waals surface area contributed by atoms with Crippen molar-refractivity contribution in [3.8, 4) is 17.4 Å². The van der Waals surface area contributed by atoms with E-state index in [4.69, 9.17) is 4.74 Å². The first-order chi connectivity index (χ1) is 11.9. The first-order valence-electron chi connectivity index (χ1n) is 7.93. The number of aromatic nitrogens is 1. The Kier molecular flexibility index (Phi) is 3.24. The van der Waals surface area contributed by atoms with Crippen molar-refractivity contribution in [1.29, 1.82) is 0 Å². The van der Waals surface area contributed by atoms with Crippen LogP contribution in [0.25, 0.3) is 5.69 Å². The maximum Gasteiger partial charge on any atom is 0.309 e. The first kappa shape index (κ1) is 15.5. The normalized spacial score (nSPS) is 23.5. The van der Waals surface area contributed by atoms with Crippen molar-refractivity contribution >= 4 is 11.7 Å². The van der Waals surface area contributed by atoms with Gasteiger partial charge in [0.25, 0.3) is 5.69 Å². The Balaban J connectivity index is 1.79. The summed E-state index contributed by atoms with van der Waals surface area (Å²) in [4.78, 5) is 22.2. The molecular weight excluding hydrogens is 328 g/mol. The van der Waals surface area contributed by atoms with E-state index in [1.54, 1.807) is 0 Å². The first-order valence-corrected chi connectivity index (χ1v) is 7.93. The van der Waals surface area contributed by atoms with Crippen molar-refractivity contribution in [2.75, 3.05) is 7.11 Å². The van der Waals surface area contributed by atoms with Crippen molar-refractivity contribution in [1.82, 2.24) is 4.57 Å². The largest absolute Gasteiger partial charge is 0.494 e. The summed E-state index contributed by atoms with van der Waals surface area (Å²) in [6, 6.07) is 5.55. The predicted octanol–water partition coefficient (Wildman–Crippen LogP) is 2.56. The average molecular weight is 344 g/mol. The topological polar surface area (TPSA) is 115 Å². The highest BCUT2D eigenvalue weighted by Crippen LogP contribution is 2.62. The number of nitro benzene ring substituents is 1. The van der Waals surface area contributed by atoms with Gasteiger partial charge in [-0.2, -0.15) is 0 Å². The third-order valence-electron chi connectivity index (χ3n) is 5.36. The van der Waals surface area contributed by atoms with E-state index < -0.39 is 4.92 Å². The molecule has 0 radical (unpaired) electrons. The summed E-state index contributed by atoms with van der Waals surface area (Å²) >= 11 is 0. The SMILES string of the molecule is COC(=O)C1CC2CC1c1c2c(O)n(-c2ccc([N+](=O)[O-])cc2)c1O. The fraction of sp³-hybridized carbons (Fsp3) is 0.353. The van der Waals surface area contributed by atoms with E-state index in [1.807, 2.05) is 0 Å². The Bertz CT molecular complexity index is 886. The van der Waals surface area contributed by atoms with Gasteiger partial charge in [-0.3, -0.25) is 19.5 Å². The molecule has 1 fully saturated rings. The molecule has 1 saturated carbocycles. The van der Waals surface area contributed by atoms with Gasteiger partial charge >= 0.3 is 5.97 Å². The fourth-order valence-electron chi connectivity index (χ4n) is 4.32. The van der Waals surface area contributed by atoms with E-state index in [2.05, 4.69) is 0 Å². The van der Waals surface area contributed by atoms with Crippen molar-refractivity contribution in [3.63, 3.8) is 0 Å². The van der Waals surface area contributed by atoms with Crippen LogP contribution in [0.4, 0.5) is 5.69 Å². The lowest BCUT2D eigenvalue weighted by Gasteiger charge is -2.19. The molecule has 2 aliphatic rings. The molecule has 0 aliphatic heterocycles. The van der Waals surface area contributed by atoms with Crippen LogP contribution in [0.5, 0.6) is 11.8 Å². The molecule has 0 saturated heterocycles. The van der Waals surface area contributed by atoms with Gasteiger partial charge in [0.15, 0.2) is 0 Å². The number of hydrogen-bond donors (Lipinski definition) is 2. The molecule has 0 spiro atoms. The number of carbonyl (C=O) groups is 1. The van der Waals surface area contributed by atoms with E-state index in [-0.39, 0.29) is 41.2 Å². The quantitative estimate of drug-likeness (QED) is 0.502. The standard InChI is InChI=1S/C17H16N2O6/c1-25-17(22)12-7-8-6-11(12)14-13(8)15(20)18(16(14)21)9-2-4-10(5-3-9)19(23)24/h2-5,8,11-12,20-21H,6-7H2,1H3. The average Bonchev–Trinajstić information content (AvgIpc) is 3.26. The Hall–Kier alpha value is -3.03. The van der Waals surface area contributed by atoms with Gasteiger partial charge in [0.2, 0.25) is 11.8 Å². The summed E-state index contributed by atoms with van der Waals surface area (Å²) in [5, 5.41) is 32.1. The van der Waals surface area contributed by atoms with Crippen LogP contribution in [-0.4, -0.2) is 32.8 Å². The molecule has 8 nitrogen and oxygen atoms in total. The van der Waals surface area contributed by atoms with Crippen LogP contribution in [-0.2, 0) is 9.53 Å². The Labute approximate surface area is 142 Å². The highest BCUT2D eigenvalue weighted by molar-refractivity contribution is 5.77. The summed E-state index contributed by atoms with van der Waals surface area (Å²) in [6.07, 6.45) is 1.29. The Morgan fingerprint density at radius 3 is 2.44 bits per heavy atom. The lowest BCUT2D eigenvalue weighted by atomic mass is 9.85. The lowest BCUT2D eigenvalue weighted by Crippen LogP contribution is -2.21. The molecule has 0 amide bonds. The molecule has 2 aromatic rings. The van der Waals surface area contributed by atoms with Gasteiger partial charge < -0.3 is 14.9 Å². The van der Waals surface area contributed by atoms with Gasteiger partial charge in [-0.15, -0.1) is 0 Å². The molecule has 1 heterocycles. The summed E-state index contributed by atoms with van der Waals surface area (Å²) in [5.74, 6) is -1.01. The number of nitro groups is 1. The highest BCUT2D eigenvalue weighted by atomic mass is 16.6. The van der Waals surface area contributed by atoms with E-state index in [0.29, 0.717) is 29.7 Å². The van der Waals surface area contributed by atoms with Crippen LogP contribution < -0.4 is 0 Å². The number of methoxy groups -OCH3 is 1. The fourth-order valence-corrected chi connectivity index (χ4v) is 4.32. The number of esters is 1. The van der Waals surface area contributed by atoms with Crippen molar-refractivity contribution in [2.45, 2.75) is 24.7 Å². The van der Waals surface area contributed by atoms with Gasteiger partial charge in [-0.1, -0.05) is 0 Å². The number of nitrogens with zero attached hydrogens (tertiary/aromatic N) is 2. The number of carbonyl (C=O) groups excluding carboxylic acids is 1. The van der Waals surface area contributed by atoms with Crippen LogP contribution in [0, 0.1) is 16.0 Å². The minimum Gasteiger partial charge on any atom is -0.494 e. The van der Waals surface area contributed by atoms with Crippen LogP contribution in [0.2, 0.25) is 0 Å². The molecule has 1 aromatic carbocycles. The van der Waals surface area contributed by atoms with Gasteiger partial charge in [0.1, 0.15) is 0 Å². The van der Waals surface area contributed by atoms with E-state index in [9.17, 15) is 25.1 Å². The zero-order valence-electron chi connectivity index (χ0n) is 13.4. The number of non-ortho nitro benzene ring substituents is 1.